The van der Waals surface area contributed by atoms with Crippen LogP contribution in [0.5, 0.6) is 0 Å². The molecule has 2 saturated heterocycles. The van der Waals surface area contributed by atoms with E-state index in [1.54, 1.807) is 18.2 Å². The first-order valence-corrected chi connectivity index (χ1v) is 9.79. The van der Waals surface area contributed by atoms with E-state index in [9.17, 15) is 8.42 Å². The summed E-state index contributed by atoms with van der Waals surface area (Å²) < 4.78 is 35.2. The van der Waals surface area contributed by atoms with E-state index in [0.29, 0.717) is 11.5 Å². The highest BCUT2D eigenvalue weighted by atomic mass is 32.2. The van der Waals surface area contributed by atoms with Gasteiger partial charge in [-0.1, -0.05) is 5.16 Å². The van der Waals surface area contributed by atoms with Crippen molar-refractivity contribution < 1.29 is 12.9 Å². The molecule has 0 spiro atoms. The summed E-state index contributed by atoms with van der Waals surface area (Å²) in [4.78, 5) is 0.243. The standard InChI is InChI=1S/C16H22N4O3S/c1-10-8-17-19(9-10)15-6-13-4-5-14(7-15)20(13)24(21,22)16-11(2)18-23-12(16)3/h8-9,13-15H,4-7H2,1-3H3. The number of nitrogens with zero attached hydrogens (tertiary/aromatic N) is 4. The van der Waals surface area contributed by atoms with Crippen LogP contribution in [-0.4, -0.2) is 39.7 Å². The molecule has 8 heteroatoms. The largest absolute Gasteiger partial charge is 0.360 e. The van der Waals surface area contributed by atoms with Crippen molar-refractivity contribution in [2.45, 2.75) is 69.5 Å². The lowest BCUT2D eigenvalue weighted by Crippen LogP contribution is -2.47. The molecule has 2 aromatic heterocycles. The molecular formula is C16H22N4O3S. The van der Waals surface area contributed by atoms with E-state index >= 15 is 0 Å². The molecule has 2 atom stereocenters. The van der Waals surface area contributed by atoms with Gasteiger partial charge in [0.2, 0.25) is 10.0 Å². The van der Waals surface area contributed by atoms with E-state index in [4.69, 9.17) is 4.52 Å². The zero-order valence-electron chi connectivity index (χ0n) is 14.1. The molecule has 2 aliphatic rings. The van der Waals surface area contributed by atoms with Crippen molar-refractivity contribution in [2.75, 3.05) is 0 Å². The molecule has 4 rings (SSSR count). The fraction of sp³-hybridized carbons (Fsp3) is 0.625. The van der Waals surface area contributed by atoms with Crippen molar-refractivity contribution in [2.24, 2.45) is 0 Å². The average molecular weight is 350 g/mol. The first-order valence-electron chi connectivity index (χ1n) is 8.35. The molecule has 2 unspecified atom stereocenters. The number of sulfonamides is 1. The van der Waals surface area contributed by atoms with Crippen LogP contribution < -0.4 is 0 Å². The van der Waals surface area contributed by atoms with E-state index in [0.717, 1.165) is 31.2 Å². The zero-order chi connectivity index (χ0) is 17.1. The Balaban J connectivity index is 1.65. The number of hydrogen-bond acceptors (Lipinski definition) is 5. The predicted octanol–water partition coefficient (Wildman–Crippen LogP) is 2.35. The maximum absolute atomic E-state index is 13.2. The molecule has 0 amide bonds. The molecule has 2 fully saturated rings. The van der Waals surface area contributed by atoms with Crippen LogP contribution in [0, 0.1) is 20.8 Å². The summed E-state index contributed by atoms with van der Waals surface area (Å²) in [6.45, 7) is 5.37. The number of aromatic nitrogens is 3. The normalized spacial score (nSPS) is 27.7. The van der Waals surface area contributed by atoms with Gasteiger partial charge in [0.15, 0.2) is 5.76 Å². The van der Waals surface area contributed by atoms with Crippen LogP contribution in [0.3, 0.4) is 0 Å². The van der Waals surface area contributed by atoms with Gasteiger partial charge in [-0.05, 0) is 52.0 Å². The van der Waals surface area contributed by atoms with E-state index in [-0.39, 0.29) is 23.0 Å². The first kappa shape index (κ1) is 15.8. The third-order valence-corrected chi connectivity index (χ3v) is 7.50. The van der Waals surface area contributed by atoms with Gasteiger partial charge in [0.05, 0.1) is 12.2 Å². The van der Waals surface area contributed by atoms with Gasteiger partial charge >= 0.3 is 0 Å². The second-order valence-corrected chi connectivity index (χ2v) is 8.78. The van der Waals surface area contributed by atoms with Gasteiger partial charge < -0.3 is 4.52 Å². The molecule has 2 aliphatic heterocycles. The lowest BCUT2D eigenvalue weighted by molar-refractivity contribution is 0.184. The summed E-state index contributed by atoms with van der Waals surface area (Å²) in [5.74, 6) is 0.372. The summed E-state index contributed by atoms with van der Waals surface area (Å²) in [7, 11) is -3.57. The lowest BCUT2D eigenvalue weighted by Gasteiger charge is -2.37. The Hall–Kier alpha value is -1.67. The average Bonchev–Trinajstić information content (AvgIpc) is 3.17. The topological polar surface area (TPSA) is 81.2 Å². The van der Waals surface area contributed by atoms with Gasteiger partial charge in [-0.3, -0.25) is 4.68 Å². The quantitative estimate of drug-likeness (QED) is 0.849. The molecule has 130 valence electrons. The third-order valence-electron chi connectivity index (χ3n) is 5.25. The van der Waals surface area contributed by atoms with Crippen LogP contribution in [0.25, 0.3) is 0 Å². The van der Waals surface area contributed by atoms with Crippen LogP contribution in [0.1, 0.15) is 48.7 Å². The van der Waals surface area contributed by atoms with Crippen LogP contribution in [0.4, 0.5) is 0 Å². The summed E-state index contributed by atoms with van der Waals surface area (Å²) in [6.07, 6.45) is 7.33. The smallest absolute Gasteiger partial charge is 0.248 e. The lowest BCUT2D eigenvalue weighted by atomic mass is 10.00. The number of piperidine rings is 1. The molecule has 2 aromatic rings. The second kappa shape index (κ2) is 5.42. The summed E-state index contributed by atoms with van der Waals surface area (Å²) in [5.41, 5.74) is 1.57. The highest BCUT2D eigenvalue weighted by molar-refractivity contribution is 7.89. The van der Waals surface area contributed by atoms with Crippen molar-refractivity contribution in [3.63, 3.8) is 0 Å². The van der Waals surface area contributed by atoms with Crippen molar-refractivity contribution in [3.8, 4) is 0 Å². The molecule has 0 saturated carbocycles. The van der Waals surface area contributed by atoms with E-state index < -0.39 is 10.0 Å². The summed E-state index contributed by atoms with van der Waals surface area (Å²) in [6, 6.07) is 0.321. The number of aryl methyl sites for hydroxylation is 3. The minimum absolute atomic E-state index is 0.0250. The maximum Gasteiger partial charge on any atom is 0.248 e. The fourth-order valence-corrected chi connectivity index (χ4v) is 6.48. The number of fused-ring (bicyclic) bond motifs is 2. The van der Waals surface area contributed by atoms with Crippen molar-refractivity contribution in [1.82, 2.24) is 19.2 Å². The Morgan fingerprint density at radius 1 is 1.12 bits per heavy atom. The Morgan fingerprint density at radius 2 is 1.79 bits per heavy atom. The molecule has 0 aromatic carbocycles. The molecule has 4 heterocycles. The van der Waals surface area contributed by atoms with Gasteiger partial charge in [0.1, 0.15) is 10.6 Å². The molecule has 2 bridgehead atoms. The van der Waals surface area contributed by atoms with Crippen LogP contribution >= 0.6 is 0 Å². The van der Waals surface area contributed by atoms with Gasteiger partial charge in [-0.2, -0.15) is 9.40 Å². The molecular weight excluding hydrogens is 328 g/mol. The van der Waals surface area contributed by atoms with Crippen molar-refractivity contribution >= 4 is 10.0 Å². The van der Waals surface area contributed by atoms with Crippen LogP contribution in [0.15, 0.2) is 21.8 Å². The highest BCUT2D eigenvalue weighted by Gasteiger charge is 2.49. The van der Waals surface area contributed by atoms with Crippen molar-refractivity contribution in [3.05, 3.63) is 29.4 Å². The Morgan fingerprint density at radius 3 is 2.29 bits per heavy atom. The van der Waals surface area contributed by atoms with Gasteiger partial charge in [-0.25, -0.2) is 8.42 Å². The minimum Gasteiger partial charge on any atom is -0.360 e. The van der Waals surface area contributed by atoms with Gasteiger partial charge in [0.25, 0.3) is 0 Å². The Labute approximate surface area is 141 Å². The Kier molecular flexibility index (Phi) is 3.58. The fourth-order valence-electron chi connectivity index (χ4n) is 4.29. The van der Waals surface area contributed by atoms with Crippen molar-refractivity contribution in [1.29, 1.82) is 0 Å². The van der Waals surface area contributed by atoms with E-state index in [1.807, 2.05) is 24.0 Å². The van der Waals surface area contributed by atoms with Crippen LogP contribution in [0.2, 0.25) is 0 Å². The predicted molar refractivity (Wildman–Crippen MR) is 87.0 cm³/mol. The molecule has 7 nitrogen and oxygen atoms in total. The van der Waals surface area contributed by atoms with Crippen LogP contribution in [-0.2, 0) is 10.0 Å². The number of hydrogen-bond donors (Lipinski definition) is 0. The minimum atomic E-state index is -3.57. The molecule has 0 N–H and O–H groups in total. The highest BCUT2D eigenvalue weighted by Crippen LogP contribution is 2.44. The third kappa shape index (κ3) is 2.31. The Bertz CT molecular complexity index is 836. The van der Waals surface area contributed by atoms with Gasteiger partial charge in [-0.15, -0.1) is 0 Å². The second-order valence-electron chi connectivity index (χ2n) is 7.00. The molecule has 0 aliphatic carbocycles. The SMILES string of the molecule is Cc1cnn(C2CC3CCC(C2)N3S(=O)(=O)c2c(C)noc2C)c1. The van der Waals surface area contributed by atoms with E-state index in [2.05, 4.69) is 10.3 Å². The summed E-state index contributed by atoms with van der Waals surface area (Å²) >= 11 is 0. The first-order chi connectivity index (χ1) is 11.4. The van der Waals surface area contributed by atoms with Gasteiger partial charge in [0, 0.05) is 18.3 Å². The molecule has 24 heavy (non-hydrogen) atoms. The maximum atomic E-state index is 13.2. The summed E-state index contributed by atoms with van der Waals surface area (Å²) in [5, 5.41) is 8.24. The molecule has 0 radical (unpaired) electrons. The number of rotatable bonds is 3. The zero-order valence-corrected chi connectivity index (χ0v) is 15.0. The van der Waals surface area contributed by atoms with E-state index in [1.165, 1.54) is 0 Å². The monoisotopic (exact) mass is 350 g/mol.